The van der Waals surface area contributed by atoms with Gasteiger partial charge in [0.2, 0.25) is 0 Å². The van der Waals surface area contributed by atoms with E-state index in [1.54, 1.807) is 0 Å². The van der Waals surface area contributed by atoms with Crippen LogP contribution in [-0.4, -0.2) is 8.97 Å². The van der Waals surface area contributed by atoms with Crippen LogP contribution >= 0.6 is 0 Å². The molecule has 0 aliphatic rings. The highest BCUT2D eigenvalue weighted by molar-refractivity contribution is 6.03. The minimum atomic E-state index is -0.0650. The van der Waals surface area contributed by atoms with Gasteiger partial charge in [-0.2, -0.15) is 0 Å². The van der Waals surface area contributed by atoms with Crippen molar-refractivity contribution in [3.8, 4) is 27.9 Å². The highest BCUT2D eigenvalue weighted by Crippen LogP contribution is 2.34. The van der Waals surface area contributed by atoms with Gasteiger partial charge in [-0.25, -0.2) is 4.79 Å². The molecule has 45 heavy (non-hydrogen) atoms. The molecule has 3 heteroatoms. The Morgan fingerprint density at radius 1 is 0.467 bits per heavy atom. The van der Waals surface area contributed by atoms with Gasteiger partial charge in [-0.1, -0.05) is 115 Å². The Bertz CT molecular complexity index is 2360. The summed E-state index contributed by atoms with van der Waals surface area (Å²) in [6.07, 6.45) is 0. The molecule has 0 fully saturated rings. The third-order valence-corrected chi connectivity index (χ3v) is 8.57. The lowest BCUT2D eigenvalue weighted by atomic mass is 9.92. The predicted octanol–water partition coefficient (Wildman–Crippen LogP) is 10.3. The van der Waals surface area contributed by atoms with Gasteiger partial charge < -0.3 is 0 Å². The van der Waals surface area contributed by atoms with Gasteiger partial charge in [0.1, 0.15) is 0 Å². The maximum absolute atomic E-state index is 14.0. The van der Waals surface area contributed by atoms with Crippen molar-refractivity contribution >= 4 is 27.3 Å². The topological polar surface area (TPSA) is 26.4 Å². The second-order valence-corrected chi connectivity index (χ2v) is 11.6. The number of fused-ring (bicyclic) bond motifs is 5. The van der Waals surface area contributed by atoms with E-state index in [0.717, 1.165) is 44.1 Å². The minimum absolute atomic E-state index is 0.0650. The minimum Gasteiger partial charge on any atom is -0.262 e. The van der Waals surface area contributed by atoms with Crippen molar-refractivity contribution in [3.63, 3.8) is 0 Å². The molecule has 0 N–H and O–H groups in total. The molecule has 8 aromatic rings. The lowest BCUT2D eigenvalue weighted by Crippen LogP contribution is -2.25. The van der Waals surface area contributed by atoms with Crippen LogP contribution in [0.4, 0.5) is 0 Å². The first-order valence-electron chi connectivity index (χ1n) is 15.3. The summed E-state index contributed by atoms with van der Waals surface area (Å²) < 4.78 is 3.68. The number of benzene rings is 6. The molecule has 0 bridgehead atoms. The molecule has 8 rings (SSSR count). The quantitative estimate of drug-likeness (QED) is 0.204. The molecule has 0 saturated heterocycles. The molecule has 2 heterocycles. The Morgan fingerprint density at radius 3 is 1.82 bits per heavy atom. The van der Waals surface area contributed by atoms with Crippen LogP contribution in [0.1, 0.15) is 16.7 Å². The van der Waals surface area contributed by atoms with E-state index in [0.29, 0.717) is 0 Å². The van der Waals surface area contributed by atoms with Crippen molar-refractivity contribution in [2.24, 2.45) is 0 Å². The van der Waals surface area contributed by atoms with E-state index in [1.807, 2.05) is 75.7 Å². The van der Waals surface area contributed by atoms with Crippen molar-refractivity contribution < 1.29 is 0 Å². The van der Waals surface area contributed by atoms with E-state index >= 15 is 0 Å². The molecule has 0 radical (unpaired) electrons. The highest BCUT2D eigenvalue weighted by atomic mass is 16.1. The zero-order valence-corrected chi connectivity index (χ0v) is 25.7. The normalized spacial score (nSPS) is 11.1. The first-order chi connectivity index (χ1) is 22.0. The third kappa shape index (κ3) is 5.23. The summed E-state index contributed by atoms with van der Waals surface area (Å²) in [4.78, 5) is 14.0. The van der Waals surface area contributed by atoms with E-state index in [4.69, 9.17) is 0 Å². The smallest absolute Gasteiger partial charge is 0.262 e. The lowest BCUT2D eigenvalue weighted by molar-refractivity contribution is 0.936. The number of aryl methyl sites for hydroxylation is 3. The molecule has 0 atom stereocenters. The van der Waals surface area contributed by atoms with Gasteiger partial charge in [-0.3, -0.25) is 8.97 Å². The number of hydrogen-bond donors (Lipinski definition) is 0. The fraction of sp³-hybridized carbons (Fsp3) is 0.0714. The molecule has 0 unspecified atom stereocenters. The largest absolute Gasteiger partial charge is 0.338 e. The van der Waals surface area contributed by atoms with Crippen molar-refractivity contribution in [2.75, 3.05) is 0 Å². The van der Waals surface area contributed by atoms with Gasteiger partial charge in [0.25, 0.3) is 0 Å². The monoisotopic (exact) mass is 582 g/mol. The molecular formula is C42H34N2O. The summed E-state index contributed by atoms with van der Waals surface area (Å²) in [5, 5.41) is 2.10. The average molecular weight is 583 g/mol. The van der Waals surface area contributed by atoms with Gasteiger partial charge in [0.05, 0.1) is 22.2 Å². The third-order valence-electron chi connectivity index (χ3n) is 8.57. The number of aromatic nitrogens is 2. The van der Waals surface area contributed by atoms with Crippen LogP contribution in [-0.2, 0) is 0 Å². The number of nitrogens with zero attached hydrogens (tertiary/aromatic N) is 2. The van der Waals surface area contributed by atoms with Gasteiger partial charge in [-0.15, -0.1) is 0 Å². The summed E-state index contributed by atoms with van der Waals surface area (Å²) in [6.45, 7) is 6.41. The van der Waals surface area contributed by atoms with Crippen LogP contribution in [0.15, 0.2) is 156 Å². The molecule has 2 aromatic heterocycles. The molecule has 218 valence electrons. The van der Waals surface area contributed by atoms with E-state index in [9.17, 15) is 4.79 Å². The molecule has 0 amide bonds. The zero-order chi connectivity index (χ0) is 30.9. The molecule has 0 saturated carbocycles. The maximum Gasteiger partial charge on any atom is 0.338 e. The Kier molecular flexibility index (Phi) is 7.36. The summed E-state index contributed by atoms with van der Waals surface area (Å²) in [6, 6.07) is 52.0. The van der Waals surface area contributed by atoms with Crippen LogP contribution < -0.4 is 5.69 Å². The standard InChI is InChI=1S/C35H26N2O.C7H8/c1-23-10-6-8-14-29(23)30-20-25(17-16-24(30)2)26-18-19-33-31(21-26)34-22-27-11-7-9-15-32(27)37(34)35(38)36(33)28-12-4-3-5-13-28;1-7-5-3-2-4-6-7/h3-22H,1-2H3;2-6H,1H3. The summed E-state index contributed by atoms with van der Waals surface area (Å²) in [5.41, 5.74) is 12.1. The fourth-order valence-corrected chi connectivity index (χ4v) is 6.21. The average Bonchev–Trinajstić information content (AvgIpc) is 3.47. The van der Waals surface area contributed by atoms with Gasteiger partial charge >= 0.3 is 5.69 Å². The molecule has 6 aromatic carbocycles. The summed E-state index contributed by atoms with van der Waals surface area (Å²) >= 11 is 0. The Hall–Kier alpha value is -5.67. The van der Waals surface area contributed by atoms with Crippen LogP contribution in [0.5, 0.6) is 0 Å². The van der Waals surface area contributed by atoms with Crippen molar-refractivity contribution in [3.05, 3.63) is 179 Å². The fourth-order valence-electron chi connectivity index (χ4n) is 6.21. The zero-order valence-electron chi connectivity index (χ0n) is 25.7. The van der Waals surface area contributed by atoms with E-state index in [-0.39, 0.29) is 5.69 Å². The van der Waals surface area contributed by atoms with E-state index < -0.39 is 0 Å². The van der Waals surface area contributed by atoms with Crippen molar-refractivity contribution in [1.29, 1.82) is 0 Å². The van der Waals surface area contributed by atoms with E-state index in [2.05, 4.69) is 106 Å². The maximum atomic E-state index is 14.0. The first kappa shape index (κ1) is 28.1. The lowest BCUT2D eigenvalue weighted by Gasteiger charge is -2.15. The second kappa shape index (κ2) is 11.8. The number of rotatable bonds is 3. The predicted molar refractivity (Wildman–Crippen MR) is 190 cm³/mol. The molecule has 3 nitrogen and oxygen atoms in total. The van der Waals surface area contributed by atoms with Crippen LogP contribution in [0.2, 0.25) is 0 Å². The first-order valence-corrected chi connectivity index (χ1v) is 15.3. The summed E-state index contributed by atoms with van der Waals surface area (Å²) in [7, 11) is 0. The SMILES string of the molecule is Cc1ccccc1.Cc1ccccc1-c1cc(-c2ccc3c(c2)c2cc4ccccc4n2c(=O)n3-c2ccccc2)ccc1C. The second-order valence-electron chi connectivity index (χ2n) is 11.6. The van der Waals surface area contributed by atoms with Crippen LogP contribution in [0.3, 0.4) is 0 Å². The van der Waals surface area contributed by atoms with Crippen LogP contribution in [0.25, 0.3) is 55.3 Å². The molecule has 0 aliphatic carbocycles. The highest BCUT2D eigenvalue weighted by Gasteiger charge is 2.16. The van der Waals surface area contributed by atoms with Gasteiger partial charge in [0.15, 0.2) is 0 Å². The van der Waals surface area contributed by atoms with Crippen LogP contribution in [0, 0.1) is 20.8 Å². The van der Waals surface area contributed by atoms with Gasteiger partial charge in [-0.05, 0) is 96.6 Å². The Labute approximate surface area is 263 Å². The summed E-state index contributed by atoms with van der Waals surface area (Å²) in [5.74, 6) is 0. The number of para-hydroxylation sites is 2. The molecule has 0 aliphatic heterocycles. The number of hydrogen-bond acceptors (Lipinski definition) is 1. The van der Waals surface area contributed by atoms with Crippen molar-refractivity contribution in [1.82, 2.24) is 8.97 Å². The van der Waals surface area contributed by atoms with Crippen molar-refractivity contribution in [2.45, 2.75) is 20.8 Å². The Balaban J connectivity index is 0.000000412. The van der Waals surface area contributed by atoms with Gasteiger partial charge in [0, 0.05) is 10.8 Å². The Morgan fingerprint density at radius 2 is 1.09 bits per heavy atom. The molecule has 0 spiro atoms. The molecular weight excluding hydrogens is 548 g/mol. The van der Waals surface area contributed by atoms with E-state index in [1.165, 1.54) is 27.8 Å².